The lowest BCUT2D eigenvalue weighted by molar-refractivity contribution is -0.115. The van der Waals surface area contributed by atoms with Crippen molar-refractivity contribution in [3.8, 4) is 5.75 Å². The Morgan fingerprint density at radius 2 is 1.93 bits per heavy atom. The van der Waals surface area contributed by atoms with Gasteiger partial charge in [0, 0.05) is 30.4 Å². The number of phenols is 1. The number of amidine groups is 1. The maximum atomic E-state index is 12.3. The van der Waals surface area contributed by atoms with Crippen LogP contribution < -0.4 is 10.2 Å². The van der Waals surface area contributed by atoms with Crippen LogP contribution in [0, 0.1) is 6.92 Å². The predicted molar refractivity (Wildman–Crippen MR) is 114 cm³/mol. The molecule has 1 fully saturated rings. The Kier molecular flexibility index (Phi) is 5.86. The van der Waals surface area contributed by atoms with Crippen LogP contribution in [0.15, 0.2) is 52.4 Å². The molecule has 1 heterocycles. The van der Waals surface area contributed by atoms with Crippen molar-refractivity contribution < 1.29 is 9.90 Å². The fourth-order valence-corrected chi connectivity index (χ4v) is 3.69. The highest BCUT2D eigenvalue weighted by atomic mass is 32.2. The highest BCUT2D eigenvalue weighted by Gasteiger charge is 2.24. The molecule has 5 nitrogen and oxygen atoms in total. The minimum atomic E-state index is -0.209. The molecule has 0 aliphatic carbocycles. The molecule has 0 atom stereocenters. The third kappa shape index (κ3) is 4.34. The number of nitrogens with one attached hydrogen (secondary N) is 1. The van der Waals surface area contributed by atoms with Gasteiger partial charge >= 0.3 is 0 Å². The summed E-state index contributed by atoms with van der Waals surface area (Å²) in [5.74, 6) is -0.0517. The Bertz CT molecular complexity index is 917. The molecule has 1 aliphatic heterocycles. The lowest BCUT2D eigenvalue weighted by Gasteiger charge is -2.21. The Hall–Kier alpha value is -2.73. The van der Waals surface area contributed by atoms with Gasteiger partial charge in [0.15, 0.2) is 5.17 Å². The first-order valence-electron chi connectivity index (χ1n) is 8.95. The van der Waals surface area contributed by atoms with Gasteiger partial charge in [-0.1, -0.05) is 18.2 Å². The second-order valence-corrected chi connectivity index (χ2v) is 7.21. The molecule has 6 heteroatoms. The van der Waals surface area contributed by atoms with Gasteiger partial charge in [-0.25, -0.2) is 4.99 Å². The normalized spacial score (nSPS) is 16.8. The number of anilines is 1. The predicted octanol–water partition coefficient (Wildman–Crippen LogP) is 4.44. The van der Waals surface area contributed by atoms with E-state index < -0.39 is 0 Å². The standard InChI is InChI=1S/C21H23N3O2S/c1-4-24(5-2)16-11-10-15(18(25)13-16)12-19-20(26)23-21(27-19)22-17-9-7-6-8-14(17)3/h6-13,25H,4-5H2,1-3H3,(H,22,23,26)/b19-12-. The van der Waals surface area contributed by atoms with Gasteiger partial charge in [0.1, 0.15) is 5.75 Å². The number of thioether (sulfide) groups is 1. The topological polar surface area (TPSA) is 64.9 Å². The average molecular weight is 382 g/mol. The SMILES string of the molecule is CCN(CC)c1ccc(/C=C2\SC(=Nc3ccccc3C)NC2=O)c(O)c1. The number of carbonyl (C=O) groups excluding carboxylic acids is 1. The first-order chi connectivity index (χ1) is 13.0. The maximum absolute atomic E-state index is 12.3. The molecule has 0 bridgehead atoms. The fraction of sp³-hybridized carbons (Fsp3) is 0.238. The Morgan fingerprint density at radius 3 is 2.59 bits per heavy atom. The van der Waals surface area contributed by atoms with E-state index in [-0.39, 0.29) is 11.7 Å². The van der Waals surface area contributed by atoms with E-state index in [0.717, 1.165) is 30.0 Å². The number of aryl methyl sites for hydroxylation is 1. The van der Waals surface area contributed by atoms with Crippen LogP contribution in [0.1, 0.15) is 25.0 Å². The van der Waals surface area contributed by atoms with Gasteiger partial charge in [-0.15, -0.1) is 0 Å². The summed E-state index contributed by atoms with van der Waals surface area (Å²) < 4.78 is 0. The van der Waals surface area contributed by atoms with Gasteiger partial charge < -0.3 is 15.3 Å². The van der Waals surface area contributed by atoms with Gasteiger partial charge in [-0.2, -0.15) is 0 Å². The van der Waals surface area contributed by atoms with Crippen LogP contribution in [0.4, 0.5) is 11.4 Å². The summed E-state index contributed by atoms with van der Waals surface area (Å²) in [6, 6.07) is 13.3. The van der Waals surface area contributed by atoms with E-state index in [1.54, 1.807) is 12.1 Å². The number of phenolic OH excluding ortho intramolecular Hbond substituents is 1. The molecule has 27 heavy (non-hydrogen) atoms. The van der Waals surface area contributed by atoms with Crippen LogP contribution in [0.25, 0.3) is 6.08 Å². The van der Waals surface area contributed by atoms with Crippen molar-refractivity contribution in [2.45, 2.75) is 20.8 Å². The zero-order valence-electron chi connectivity index (χ0n) is 15.7. The minimum absolute atomic E-state index is 0.157. The summed E-state index contributed by atoms with van der Waals surface area (Å²) >= 11 is 1.27. The van der Waals surface area contributed by atoms with Gasteiger partial charge in [-0.05, 0) is 62.4 Å². The number of amides is 1. The third-order valence-electron chi connectivity index (χ3n) is 4.42. The molecular weight excluding hydrogens is 358 g/mol. The van der Waals surface area contributed by atoms with Crippen molar-refractivity contribution in [2.75, 3.05) is 18.0 Å². The zero-order valence-corrected chi connectivity index (χ0v) is 16.5. The summed E-state index contributed by atoms with van der Waals surface area (Å²) in [7, 11) is 0. The third-order valence-corrected chi connectivity index (χ3v) is 5.33. The minimum Gasteiger partial charge on any atom is -0.507 e. The zero-order chi connectivity index (χ0) is 19.4. The molecule has 0 spiro atoms. The van der Waals surface area contributed by atoms with E-state index >= 15 is 0 Å². The second-order valence-electron chi connectivity index (χ2n) is 6.18. The van der Waals surface area contributed by atoms with Crippen molar-refractivity contribution >= 4 is 40.3 Å². The van der Waals surface area contributed by atoms with E-state index in [1.807, 2.05) is 43.3 Å². The number of para-hydroxylation sites is 1. The molecule has 2 N–H and O–H groups in total. The summed E-state index contributed by atoms with van der Waals surface area (Å²) in [5.41, 5.74) is 3.44. The number of nitrogens with zero attached hydrogens (tertiary/aromatic N) is 2. The Morgan fingerprint density at radius 1 is 1.19 bits per heavy atom. The van der Waals surface area contributed by atoms with Crippen LogP contribution in [0.3, 0.4) is 0 Å². The van der Waals surface area contributed by atoms with Crippen LogP contribution in [0.2, 0.25) is 0 Å². The van der Waals surface area contributed by atoms with Crippen LogP contribution in [-0.2, 0) is 4.79 Å². The molecule has 0 saturated carbocycles. The van der Waals surface area contributed by atoms with E-state index in [1.165, 1.54) is 11.8 Å². The average Bonchev–Trinajstić information content (AvgIpc) is 2.99. The fourth-order valence-electron chi connectivity index (χ4n) is 2.86. The summed E-state index contributed by atoms with van der Waals surface area (Å²) in [4.78, 5) is 19.5. The first-order valence-corrected chi connectivity index (χ1v) is 9.76. The monoisotopic (exact) mass is 381 g/mol. The van der Waals surface area contributed by atoms with Gasteiger partial charge in [0.25, 0.3) is 5.91 Å². The number of hydrogen-bond donors (Lipinski definition) is 2. The molecule has 0 unspecified atom stereocenters. The number of benzene rings is 2. The molecular formula is C21H23N3O2S. The van der Waals surface area contributed by atoms with E-state index in [0.29, 0.717) is 15.6 Å². The van der Waals surface area contributed by atoms with E-state index in [9.17, 15) is 9.90 Å². The number of aromatic hydroxyl groups is 1. The van der Waals surface area contributed by atoms with Crippen LogP contribution >= 0.6 is 11.8 Å². The Balaban J connectivity index is 1.83. The molecule has 140 valence electrons. The molecule has 3 rings (SSSR count). The number of carbonyl (C=O) groups is 1. The lowest BCUT2D eigenvalue weighted by Crippen LogP contribution is -2.21. The number of aliphatic imine (C=N–C) groups is 1. The molecule has 2 aromatic carbocycles. The smallest absolute Gasteiger partial charge is 0.264 e. The van der Waals surface area contributed by atoms with Crippen molar-refractivity contribution in [1.82, 2.24) is 5.32 Å². The molecule has 1 aliphatic rings. The molecule has 0 radical (unpaired) electrons. The Labute approximate surface area is 163 Å². The quantitative estimate of drug-likeness (QED) is 0.752. The van der Waals surface area contributed by atoms with Crippen molar-refractivity contribution in [1.29, 1.82) is 0 Å². The largest absolute Gasteiger partial charge is 0.507 e. The molecule has 1 amide bonds. The van der Waals surface area contributed by atoms with E-state index in [4.69, 9.17) is 0 Å². The number of rotatable bonds is 5. The highest BCUT2D eigenvalue weighted by Crippen LogP contribution is 2.32. The van der Waals surface area contributed by atoms with Crippen LogP contribution in [0.5, 0.6) is 5.75 Å². The molecule has 0 aromatic heterocycles. The molecule has 1 saturated heterocycles. The lowest BCUT2D eigenvalue weighted by atomic mass is 10.1. The summed E-state index contributed by atoms with van der Waals surface area (Å²) in [6.45, 7) is 7.87. The second kappa shape index (κ2) is 8.31. The highest BCUT2D eigenvalue weighted by molar-refractivity contribution is 8.18. The molecule has 2 aromatic rings. The van der Waals surface area contributed by atoms with Crippen molar-refractivity contribution in [3.63, 3.8) is 0 Å². The van der Waals surface area contributed by atoms with Gasteiger partial charge in [0.05, 0.1) is 10.6 Å². The number of hydrogen-bond acceptors (Lipinski definition) is 5. The van der Waals surface area contributed by atoms with Gasteiger partial charge in [0.2, 0.25) is 0 Å². The van der Waals surface area contributed by atoms with Crippen molar-refractivity contribution in [3.05, 3.63) is 58.5 Å². The summed E-state index contributed by atoms with van der Waals surface area (Å²) in [5, 5.41) is 13.7. The van der Waals surface area contributed by atoms with Crippen LogP contribution in [-0.4, -0.2) is 29.3 Å². The van der Waals surface area contributed by atoms with Gasteiger partial charge in [-0.3, -0.25) is 4.79 Å². The first kappa shape index (κ1) is 19.0. The van der Waals surface area contributed by atoms with Crippen molar-refractivity contribution in [2.24, 2.45) is 4.99 Å². The summed E-state index contributed by atoms with van der Waals surface area (Å²) in [6.07, 6.45) is 1.70. The van der Waals surface area contributed by atoms with E-state index in [2.05, 4.69) is 29.1 Å². The maximum Gasteiger partial charge on any atom is 0.264 e.